The van der Waals surface area contributed by atoms with E-state index in [0.29, 0.717) is 0 Å². The highest BCUT2D eigenvalue weighted by molar-refractivity contribution is 7.03. The smallest absolute Gasteiger partial charge is 0.0454 e. The lowest BCUT2D eigenvalue weighted by atomic mass is 10.2. The maximum atomic E-state index is 5.52. The fraction of sp³-hybridized carbons (Fsp3) is 0.400. The average molecular weight is 201 g/mol. The lowest BCUT2D eigenvalue weighted by molar-refractivity contribution is 0.820. The van der Waals surface area contributed by atoms with Crippen LogP contribution in [0, 0.1) is 0 Å². The summed E-state index contributed by atoms with van der Waals surface area (Å²) in [6.07, 6.45) is 1.80. The Bertz CT molecular complexity index is 153. The minimum absolute atomic E-state index is 0. The molecule has 0 aliphatic carbocycles. The van der Waals surface area contributed by atoms with Crippen molar-refractivity contribution in [3.8, 4) is 0 Å². The Morgan fingerprint density at radius 1 is 1.60 bits per heavy atom. The Morgan fingerprint density at radius 2 is 2.20 bits per heavy atom. The van der Waals surface area contributed by atoms with Gasteiger partial charge >= 0.3 is 0 Å². The second-order valence-corrected chi connectivity index (χ2v) is 2.40. The molecule has 5 heteroatoms. The Morgan fingerprint density at radius 3 is 2.40 bits per heavy atom. The van der Waals surface area contributed by atoms with E-state index in [1.807, 2.05) is 12.3 Å². The molecule has 0 aliphatic rings. The molecule has 0 amide bonds. The van der Waals surface area contributed by atoms with Gasteiger partial charge in [0.25, 0.3) is 0 Å². The summed E-state index contributed by atoms with van der Waals surface area (Å²) in [5.41, 5.74) is 6.65. The third-order valence-electron chi connectivity index (χ3n) is 0.977. The first-order valence-electron chi connectivity index (χ1n) is 2.45. The normalized spacial score (nSPS) is 11.0. The van der Waals surface area contributed by atoms with Gasteiger partial charge in [-0.05, 0) is 24.0 Å². The van der Waals surface area contributed by atoms with Crippen molar-refractivity contribution in [2.45, 2.75) is 13.0 Å². The second-order valence-electron chi connectivity index (χ2n) is 1.75. The van der Waals surface area contributed by atoms with E-state index in [-0.39, 0.29) is 30.9 Å². The summed E-state index contributed by atoms with van der Waals surface area (Å²) in [6.45, 7) is 1.95. The van der Waals surface area contributed by atoms with Gasteiger partial charge in [-0.25, -0.2) is 4.37 Å². The molecule has 0 fully saturated rings. The van der Waals surface area contributed by atoms with Crippen molar-refractivity contribution >= 4 is 36.3 Å². The van der Waals surface area contributed by atoms with Crippen molar-refractivity contribution in [1.29, 1.82) is 0 Å². The summed E-state index contributed by atoms with van der Waals surface area (Å²) >= 11 is 1.44. The van der Waals surface area contributed by atoms with E-state index in [1.165, 1.54) is 11.5 Å². The van der Waals surface area contributed by atoms with Gasteiger partial charge in [0, 0.05) is 17.6 Å². The molecule has 1 unspecified atom stereocenters. The number of hydrogen-bond acceptors (Lipinski definition) is 3. The maximum absolute atomic E-state index is 5.52. The third-order valence-corrected chi connectivity index (χ3v) is 1.58. The second kappa shape index (κ2) is 5.92. The molecule has 0 radical (unpaired) electrons. The maximum Gasteiger partial charge on any atom is 0.0454 e. The molecule has 0 aliphatic heterocycles. The highest BCUT2D eigenvalue weighted by atomic mass is 35.5. The van der Waals surface area contributed by atoms with Crippen molar-refractivity contribution < 1.29 is 0 Å². The number of aromatic nitrogens is 1. The molecule has 1 aromatic heterocycles. The number of halogens is 2. The van der Waals surface area contributed by atoms with Crippen molar-refractivity contribution in [3.63, 3.8) is 0 Å². The third kappa shape index (κ3) is 3.37. The summed E-state index contributed by atoms with van der Waals surface area (Å²) in [4.78, 5) is 0. The van der Waals surface area contributed by atoms with E-state index in [2.05, 4.69) is 4.37 Å². The van der Waals surface area contributed by atoms with Crippen molar-refractivity contribution in [1.82, 2.24) is 4.37 Å². The van der Waals surface area contributed by atoms with E-state index in [0.717, 1.165) is 5.56 Å². The molecule has 1 heterocycles. The SMILES string of the molecule is CC(N)c1cnsc1.Cl.Cl. The van der Waals surface area contributed by atoms with E-state index in [9.17, 15) is 0 Å². The molecule has 2 N–H and O–H groups in total. The van der Waals surface area contributed by atoms with Crippen molar-refractivity contribution in [3.05, 3.63) is 17.1 Å². The van der Waals surface area contributed by atoms with Gasteiger partial charge in [0.1, 0.15) is 0 Å². The van der Waals surface area contributed by atoms with E-state index < -0.39 is 0 Å². The Balaban J connectivity index is 0. The largest absolute Gasteiger partial charge is 0.324 e. The number of nitrogens with two attached hydrogens (primary N) is 1. The summed E-state index contributed by atoms with van der Waals surface area (Å²) < 4.78 is 3.91. The van der Waals surface area contributed by atoms with E-state index in [4.69, 9.17) is 5.73 Å². The molecule has 0 saturated carbocycles. The number of hydrogen-bond donors (Lipinski definition) is 1. The van der Waals surface area contributed by atoms with Crippen LogP contribution in [-0.2, 0) is 0 Å². The number of rotatable bonds is 1. The lowest BCUT2D eigenvalue weighted by Crippen LogP contribution is -2.02. The Kier molecular flexibility index (Phi) is 7.58. The molecule has 0 bridgehead atoms. The van der Waals surface area contributed by atoms with Crippen LogP contribution in [0.2, 0.25) is 0 Å². The van der Waals surface area contributed by atoms with Crippen LogP contribution in [0.4, 0.5) is 0 Å². The molecule has 1 aromatic rings. The van der Waals surface area contributed by atoms with E-state index in [1.54, 1.807) is 6.20 Å². The highest BCUT2D eigenvalue weighted by Gasteiger charge is 1.96. The van der Waals surface area contributed by atoms with Gasteiger partial charge in [0.2, 0.25) is 0 Å². The molecule has 0 saturated heterocycles. The Labute approximate surface area is 76.8 Å². The van der Waals surface area contributed by atoms with Gasteiger partial charge in [-0.1, -0.05) is 0 Å². The van der Waals surface area contributed by atoms with Crippen molar-refractivity contribution in [2.24, 2.45) is 5.73 Å². The first kappa shape index (κ1) is 12.8. The Hall–Kier alpha value is 0.170. The topological polar surface area (TPSA) is 38.9 Å². The summed E-state index contributed by atoms with van der Waals surface area (Å²) in [6, 6.07) is 0.133. The average Bonchev–Trinajstić information content (AvgIpc) is 2.12. The molecule has 1 rings (SSSR count). The zero-order chi connectivity index (χ0) is 5.98. The first-order chi connectivity index (χ1) is 3.80. The molecular formula is C5H10Cl2N2S. The van der Waals surface area contributed by atoms with Crippen LogP contribution in [0.5, 0.6) is 0 Å². The van der Waals surface area contributed by atoms with E-state index >= 15 is 0 Å². The van der Waals surface area contributed by atoms with Crippen molar-refractivity contribution in [2.75, 3.05) is 0 Å². The summed E-state index contributed by atoms with van der Waals surface area (Å²) in [5.74, 6) is 0. The predicted octanol–water partition coefficient (Wildman–Crippen LogP) is 2.01. The van der Waals surface area contributed by atoms with Gasteiger partial charge in [-0.15, -0.1) is 24.8 Å². The zero-order valence-electron chi connectivity index (χ0n) is 5.48. The molecule has 0 spiro atoms. The van der Waals surface area contributed by atoms with Gasteiger partial charge in [-0.3, -0.25) is 0 Å². The first-order valence-corrected chi connectivity index (χ1v) is 3.29. The summed E-state index contributed by atoms with van der Waals surface area (Å²) in [5, 5.41) is 1.96. The molecule has 60 valence electrons. The van der Waals surface area contributed by atoms with Crippen LogP contribution < -0.4 is 5.73 Å². The lowest BCUT2D eigenvalue weighted by Gasteiger charge is -1.95. The van der Waals surface area contributed by atoms with Gasteiger partial charge in [0.05, 0.1) is 0 Å². The minimum atomic E-state index is 0. The summed E-state index contributed by atoms with van der Waals surface area (Å²) in [7, 11) is 0. The van der Waals surface area contributed by atoms with Crippen LogP contribution in [0.3, 0.4) is 0 Å². The molecule has 10 heavy (non-hydrogen) atoms. The monoisotopic (exact) mass is 200 g/mol. The van der Waals surface area contributed by atoms with Gasteiger partial charge in [0.15, 0.2) is 0 Å². The fourth-order valence-electron chi connectivity index (χ4n) is 0.438. The van der Waals surface area contributed by atoms with Crippen LogP contribution in [-0.4, -0.2) is 4.37 Å². The molecule has 1 atom stereocenters. The molecule has 2 nitrogen and oxygen atoms in total. The molecule has 0 aromatic carbocycles. The highest BCUT2D eigenvalue weighted by Crippen LogP contribution is 2.08. The van der Waals surface area contributed by atoms with Crippen LogP contribution >= 0.6 is 36.3 Å². The van der Waals surface area contributed by atoms with Crippen LogP contribution in [0.1, 0.15) is 18.5 Å². The fourth-order valence-corrected chi connectivity index (χ4v) is 1.08. The van der Waals surface area contributed by atoms with Gasteiger partial charge < -0.3 is 5.73 Å². The number of nitrogens with zero attached hydrogens (tertiary/aromatic N) is 1. The quantitative estimate of drug-likeness (QED) is 0.754. The van der Waals surface area contributed by atoms with Crippen LogP contribution in [0.25, 0.3) is 0 Å². The van der Waals surface area contributed by atoms with Crippen LogP contribution in [0.15, 0.2) is 11.6 Å². The standard InChI is InChI=1S/C5H8N2S.2ClH/c1-4(6)5-2-7-8-3-5;;/h2-4H,6H2,1H3;2*1H. The minimum Gasteiger partial charge on any atom is -0.324 e. The van der Waals surface area contributed by atoms with Gasteiger partial charge in [-0.2, -0.15) is 0 Å². The molecular weight excluding hydrogens is 191 g/mol. The predicted molar refractivity (Wildman–Crippen MR) is 49.2 cm³/mol. The zero-order valence-corrected chi connectivity index (χ0v) is 7.93.